The maximum absolute atomic E-state index is 12.9. The Bertz CT molecular complexity index is 1020. The van der Waals surface area contributed by atoms with E-state index < -0.39 is 16.9 Å². The Labute approximate surface area is 203 Å². The van der Waals surface area contributed by atoms with E-state index in [1.54, 1.807) is 0 Å². The van der Waals surface area contributed by atoms with Crippen LogP contribution in [0.2, 0.25) is 0 Å². The third-order valence-electron chi connectivity index (χ3n) is 5.91. The summed E-state index contributed by atoms with van der Waals surface area (Å²) in [6.45, 7) is 6.44. The molecule has 0 unspecified atom stereocenters. The van der Waals surface area contributed by atoms with Crippen LogP contribution >= 0.6 is 11.8 Å². The van der Waals surface area contributed by atoms with Crippen molar-refractivity contribution in [2.45, 2.75) is 76.7 Å². The molecule has 2 N–H and O–H groups in total. The lowest BCUT2D eigenvalue weighted by molar-refractivity contribution is -0.384. The van der Waals surface area contributed by atoms with Crippen LogP contribution in [-0.4, -0.2) is 43.3 Å². The average Bonchev–Trinajstić information content (AvgIpc) is 3.24. The molecule has 1 heterocycles. The van der Waals surface area contributed by atoms with Gasteiger partial charge in [0.1, 0.15) is 0 Å². The van der Waals surface area contributed by atoms with Gasteiger partial charge in [0.2, 0.25) is 5.91 Å². The Balaban J connectivity index is 1.69. The van der Waals surface area contributed by atoms with E-state index in [0.29, 0.717) is 17.5 Å². The lowest BCUT2D eigenvalue weighted by Gasteiger charge is -2.23. The van der Waals surface area contributed by atoms with Crippen LogP contribution in [-0.2, 0) is 11.3 Å². The summed E-state index contributed by atoms with van der Waals surface area (Å²) in [5.74, 6) is 0.398. The zero-order chi connectivity index (χ0) is 24.7. The molecule has 1 atom stereocenters. The van der Waals surface area contributed by atoms with E-state index >= 15 is 0 Å². The van der Waals surface area contributed by atoms with Crippen molar-refractivity contribution in [2.24, 2.45) is 5.92 Å². The van der Waals surface area contributed by atoms with E-state index in [2.05, 4.69) is 20.8 Å². The lowest BCUT2D eigenvalue weighted by Crippen LogP contribution is -2.37. The summed E-state index contributed by atoms with van der Waals surface area (Å²) < 4.78 is 1.90. The molecule has 0 saturated heterocycles. The summed E-state index contributed by atoms with van der Waals surface area (Å²) in [7, 11) is 0. The summed E-state index contributed by atoms with van der Waals surface area (Å²) in [6, 6.07) is 5.43. The van der Waals surface area contributed by atoms with Crippen molar-refractivity contribution in [3.63, 3.8) is 0 Å². The van der Waals surface area contributed by atoms with Crippen molar-refractivity contribution in [3.8, 4) is 0 Å². The van der Waals surface area contributed by atoms with Crippen molar-refractivity contribution in [3.05, 3.63) is 45.8 Å². The number of thioether (sulfide) groups is 1. The van der Waals surface area contributed by atoms with Gasteiger partial charge in [-0.25, -0.2) is 0 Å². The highest BCUT2D eigenvalue weighted by molar-refractivity contribution is 7.99. The van der Waals surface area contributed by atoms with Crippen molar-refractivity contribution in [2.75, 3.05) is 5.75 Å². The Morgan fingerprint density at radius 3 is 2.62 bits per heavy atom. The maximum Gasteiger partial charge on any atom is 0.270 e. The van der Waals surface area contributed by atoms with Gasteiger partial charge in [0.05, 0.1) is 16.7 Å². The van der Waals surface area contributed by atoms with Gasteiger partial charge < -0.3 is 15.2 Å². The second kappa shape index (κ2) is 12.0. The molecule has 1 saturated carbocycles. The first kappa shape index (κ1) is 25.7. The fraction of sp³-hybridized carbons (Fsp3) is 0.565. The van der Waals surface area contributed by atoms with Gasteiger partial charge in [-0.05, 0) is 31.7 Å². The largest absolute Gasteiger partial charge is 0.353 e. The zero-order valence-electron chi connectivity index (χ0n) is 19.8. The van der Waals surface area contributed by atoms with Crippen molar-refractivity contribution in [1.29, 1.82) is 0 Å². The molecule has 1 aromatic heterocycles. The van der Waals surface area contributed by atoms with Crippen LogP contribution in [0.4, 0.5) is 5.69 Å². The number of amides is 2. The highest BCUT2D eigenvalue weighted by atomic mass is 32.2. The minimum atomic E-state index is -0.529. The molecule has 184 valence electrons. The van der Waals surface area contributed by atoms with E-state index in [9.17, 15) is 19.7 Å². The molecule has 0 bridgehead atoms. The normalized spacial score (nSPS) is 15.2. The number of nitrogens with zero attached hydrogens (tertiary/aromatic N) is 4. The number of aromatic nitrogens is 3. The average molecular weight is 489 g/mol. The van der Waals surface area contributed by atoms with E-state index in [4.69, 9.17) is 0 Å². The molecule has 0 aliphatic heterocycles. The topological polar surface area (TPSA) is 132 Å². The van der Waals surface area contributed by atoms with Gasteiger partial charge in [-0.2, -0.15) is 0 Å². The van der Waals surface area contributed by atoms with Gasteiger partial charge in [0.15, 0.2) is 11.0 Å². The predicted octanol–water partition coefficient (Wildman–Crippen LogP) is 3.87. The third kappa shape index (κ3) is 6.55. The molecule has 1 aromatic carbocycles. The molecule has 2 amide bonds. The van der Waals surface area contributed by atoms with Crippen molar-refractivity contribution < 1.29 is 14.5 Å². The van der Waals surface area contributed by atoms with Crippen LogP contribution in [0.5, 0.6) is 0 Å². The Hall–Kier alpha value is -2.95. The molecule has 1 fully saturated rings. The van der Waals surface area contributed by atoms with Gasteiger partial charge in [-0.3, -0.25) is 19.7 Å². The minimum Gasteiger partial charge on any atom is -0.353 e. The number of nitro benzene ring substituents is 1. The van der Waals surface area contributed by atoms with E-state index in [1.807, 2.05) is 25.3 Å². The first-order valence-electron chi connectivity index (χ1n) is 11.7. The van der Waals surface area contributed by atoms with Crippen LogP contribution in [0.3, 0.4) is 0 Å². The number of nitrogens with one attached hydrogen (secondary N) is 2. The number of hydrogen-bond donors (Lipinski definition) is 2. The molecule has 3 rings (SSSR count). The summed E-state index contributed by atoms with van der Waals surface area (Å²) >= 11 is 1.33. The molecular weight excluding hydrogens is 456 g/mol. The fourth-order valence-electron chi connectivity index (χ4n) is 4.10. The zero-order valence-corrected chi connectivity index (χ0v) is 20.6. The molecule has 1 aliphatic carbocycles. The third-order valence-corrected chi connectivity index (χ3v) is 6.88. The number of carbonyl (C=O) groups excluding carboxylic acids is 2. The molecule has 11 heteroatoms. The summed E-state index contributed by atoms with van der Waals surface area (Å²) in [5, 5.41) is 26.3. The van der Waals surface area contributed by atoms with Crippen LogP contribution in [0, 0.1) is 16.0 Å². The van der Waals surface area contributed by atoms with Gasteiger partial charge in [0.25, 0.3) is 11.6 Å². The SMILES string of the molecule is CCn1c(SCC(=O)NC2CCCCC2)nnc1[C@@H](NC(=O)c1cccc([N+](=O)[O-])c1)C(C)C. The van der Waals surface area contributed by atoms with Crippen LogP contribution in [0.25, 0.3) is 0 Å². The number of non-ortho nitro benzene ring substituents is 1. The second-order valence-electron chi connectivity index (χ2n) is 8.78. The second-order valence-corrected chi connectivity index (χ2v) is 9.72. The lowest BCUT2D eigenvalue weighted by atomic mass is 9.95. The number of carbonyl (C=O) groups is 2. The highest BCUT2D eigenvalue weighted by Gasteiger charge is 2.27. The molecule has 34 heavy (non-hydrogen) atoms. The molecule has 2 aromatic rings. The minimum absolute atomic E-state index is 0.00963. The summed E-state index contributed by atoms with van der Waals surface area (Å²) in [5.41, 5.74) is 0.0621. The monoisotopic (exact) mass is 488 g/mol. The van der Waals surface area contributed by atoms with Crippen LogP contribution in [0.1, 0.15) is 75.1 Å². The molecule has 0 spiro atoms. The Morgan fingerprint density at radius 1 is 1.24 bits per heavy atom. The summed E-state index contributed by atoms with van der Waals surface area (Å²) in [4.78, 5) is 35.8. The van der Waals surface area contributed by atoms with Gasteiger partial charge in [-0.1, -0.05) is 50.9 Å². The Kier molecular flexibility index (Phi) is 9.03. The molecular formula is C23H32N6O4S. The molecule has 1 aliphatic rings. The van der Waals surface area contributed by atoms with E-state index in [-0.39, 0.29) is 34.9 Å². The maximum atomic E-state index is 12.9. The summed E-state index contributed by atoms with van der Waals surface area (Å²) in [6.07, 6.45) is 5.62. The van der Waals surface area contributed by atoms with Crippen molar-refractivity contribution in [1.82, 2.24) is 25.4 Å². The van der Waals surface area contributed by atoms with Crippen molar-refractivity contribution >= 4 is 29.3 Å². The van der Waals surface area contributed by atoms with E-state index in [1.165, 1.54) is 42.4 Å². The Morgan fingerprint density at radius 2 is 1.97 bits per heavy atom. The van der Waals surface area contributed by atoms with Gasteiger partial charge in [0, 0.05) is 30.3 Å². The first-order valence-corrected chi connectivity index (χ1v) is 12.7. The van der Waals surface area contributed by atoms with E-state index in [0.717, 1.165) is 25.7 Å². The first-order chi connectivity index (χ1) is 16.3. The standard InChI is InChI=1S/C23H32N6O4S/c1-4-28-21(26-27-23(28)34-14-19(30)24-17-10-6-5-7-11-17)20(15(2)3)25-22(31)16-9-8-12-18(13-16)29(32)33/h8-9,12-13,15,17,20H,4-7,10-11,14H2,1-3H3,(H,24,30)(H,25,31)/t20-/m0/s1. The number of rotatable bonds is 10. The van der Waals surface area contributed by atoms with Crippen LogP contribution in [0.15, 0.2) is 29.4 Å². The van der Waals surface area contributed by atoms with Gasteiger partial charge >= 0.3 is 0 Å². The number of hydrogen-bond acceptors (Lipinski definition) is 7. The highest BCUT2D eigenvalue weighted by Crippen LogP contribution is 2.26. The fourth-order valence-corrected chi connectivity index (χ4v) is 4.92. The van der Waals surface area contributed by atoms with Crippen LogP contribution < -0.4 is 10.6 Å². The number of benzene rings is 1. The van der Waals surface area contributed by atoms with Gasteiger partial charge in [-0.15, -0.1) is 10.2 Å². The number of nitro groups is 1. The predicted molar refractivity (Wildman–Crippen MR) is 130 cm³/mol. The quantitative estimate of drug-likeness (QED) is 0.295. The molecule has 0 radical (unpaired) electrons. The molecule has 10 nitrogen and oxygen atoms in total. The smallest absolute Gasteiger partial charge is 0.270 e.